The van der Waals surface area contributed by atoms with Crippen LogP contribution in [0.25, 0.3) is 22.2 Å². The zero-order chi connectivity index (χ0) is 19.1. The Morgan fingerprint density at radius 2 is 1.73 bits per heavy atom. The van der Waals surface area contributed by atoms with Crippen LogP contribution in [0.15, 0.2) is 47.3 Å². The second kappa shape index (κ2) is 6.17. The molecule has 0 aliphatic carbocycles. The van der Waals surface area contributed by atoms with E-state index in [1.807, 2.05) is 0 Å². The van der Waals surface area contributed by atoms with Gasteiger partial charge < -0.3 is 14.4 Å². The molecule has 0 amide bonds. The molecule has 1 aromatic heterocycles. The third-order valence-electron chi connectivity index (χ3n) is 3.70. The maximum atomic E-state index is 12.2. The molecule has 0 saturated heterocycles. The fourth-order valence-corrected chi connectivity index (χ4v) is 2.49. The molecule has 0 fully saturated rings. The monoisotopic (exact) mass is 364 g/mol. The number of ether oxygens (including phenoxy) is 1. The summed E-state index contributed by atoms with van der Waals surface area (Å²) in [4.78, 5) is 27.0. The minimum absolute atomic E-state index is 0.310. The Labute approximate surface area is 144 Å². The lowest BCUT2D eigenvalue weighted by molar-refractivity contribution is -0.274. The second-order valence-electron chi connectivity index (χ2n) is 5.41. The second-order valence-corrected chi connectivity index (χ2v) is 5.41. The number of halogens is 3. The fourth-order valence-electron chi connectivity index (χ4n) is 2.49. The maximum Gasteiger partial charge on any atom is 0.573 e. The lowest BCUT2D eigenvalue weighted by atomic mass is 10.0. The summed E-state index contributed by atoms with van der Waals surface area (Å²) in [6.45, 7) is 0. The zero-order valence-corrected chi connectivity index (χ0v) is 13.2. The summed E-state index contributed by atoms with van der Waals surface area (Å²) < 4.78 is 41.6. The Morgan fingerprint density at radius 1 is 1.12 bits per heavy atom. The number of nitrogens with zero attached hydrogens (tertiary/aromatic N) is 2. The van der Waals surface area contributed by atoms with Gasteiger partial charge in [-0.05, 0) is 35.4 Å². The van der Waals surface area contributed by atoms with E-state index in [1.54, 1.807) is 12.1 Å². The summed E-state index contributed by atoms with van der Waals surface area (Å²) in [6.07, 6.45) is -4.77. The minimum atomic E-state index is -4.77. The molecule has 0 radical (unpaired) electrons. The first-order valence-corrected chi connectivity index (χ1v) is 7.26. The number of aryl methyl sites for hydroxylation is 1. The third-order valence-corrected chi connectivity index (χ3v) is 3.70. The molecule has 3 rings (SSSR count). The molecule has 0 bridgehead atoms. The SMILES string of the molecule is Cn1c(=O)c(C(=O)O)nc2ccc(-c3ccc(OC(F)(F)F)cc3)cc21. The molecule has 0 atom stereocenters. The van der Waals surface area contributed by atoms with Crippen LogP contribution in [0.3, 0.4) is 0 Å². The summed E-state index contributed by atoms with van der Waals surface area (Å²) in [5.74, 6) is -1.76. The fraction of sp³-hybridized carbons (Fsp3) is 0.118. The van der Waals surface area contributed by atoms with E-state index >= 15 is 0 Å². The molecule has 0 unspecified atom stereocenters. The van der Waals surface area contributed by atoms with Crippen molar-refractivity contribution in [2.24, 2.45) is 7.05 Å². The topological polar surface area (TPSA) is 81.4 Å². The van der Waals surface area contributed by atoms with Crippen molar-refractivity contribution in [2.75, 3.05) is 0 Å². The summed E-state index contributed by atoms with van der Waals surface area (Å²) in [6, 6.07) is 10.0. The van der Waals surface area contributed by atoms with Gasteiger partial charge in [0.1, 0.15) is 5.75 Å². The predicted molar refractivity (Wildman–Crippen MR) is 86.1 cm³/mol. The molecular formula is C17H11F3N2O4. The van der Waals surface area contributed by atoms with Gasteiger partial charge in [0, 0.05) is 7.05 Å². The molecule has 0 saturated carbocycles. The van der Waals surface area contributed by atoms with Crippen LogP contribution in [0.2, 0.25) is 0 Å². The number of hydrogen-bond acceptors (Lipinski definition) is 4. The van der Waals surface area contributed by atoms with Crippen LogP contribution in [-0.2, 0) is 7.05 Å². The molecular weight excluding hydrogens is 353 g/mol. The van der Waals surface area contributed by atoms with E-state index in [1.165, 1.54) is 37.4 Å². The minimum Gasteiger partial charge on any atom is -0.476 e. The van der Waals surface area contributed by atoms with E-state index in [9.17, 15) is 22.8 Å². The van der Waals surface area contributed by atoms with Crippen molar-refractivity contribution in [1.82, 2.24) is 9.55 Å². The molecule has 3 aromatic rings. The number of aromatic nitrogens is 2. The van der Waals surface area contributed by atoms with Gasteiger partial charge in [-0.3, -0.25) is 4.79 Å². The largest absolute Gasteiger partial charge is 0.573 e. The van der Waals surface area contributed by atoms with Crippen LogP contribution < -0.4 is 10.3 Å². The van der Waals surface area contributed by atoms with Crippen LogP contribution in [-0.4, -0.2) is 27.0 Å². The van der Waals surface area contributed by atoms with Gasteiger partial charge in [0.25, 0.3) is 5.56 Å². The van der Waals surface area contributed by atoms with Gasteiger partial charge in [-0.1, -0.05) is 18.2 Å². The molecule has 6 nitrogen and oxygen atoms in total. The van der Waals surface area contributed by atoms with Crippen LogP contribution in [0.1, 0.15) is 10.5 Å². The average molecular weight is 364 g/mol. The molecule has 2 aromatic carbocycles. The summed E-state index contributed by atoms with van der Waals surface area (Å²) in [5.41, 5.74) is 0.586. The van der Waals surface area contributed by atoms with E-state index in [0.717, 1.165) is 4.57 Å². The number of carboxylic acids is 1. The van der Waals surface area contributed by atoms with Crippen LogP contribution >= 0.6 is 0 Å². The third kappa shape index (κ3) is 3.37. The van der Waals surface area contributed by atoms with Crippen molar-refractivity contribution in [2.45, 2.75) is 6.36 Å². The molecule has 1 heterocycles. The summed E-state index contributed by atoms with van der Waals surface area (Å²) in [7, 11) is 1.42. The number of hydrogen-bond donors (Lipinski definition) is 1. The maximum absolute atomic E-state index is 12.2. The highest BCUT2D eigenvalue weighted by Crippen LogP contribution is 2.27. The van der Waals surface area contributed by atoms with Gasteiger partial charge in [0.15, 0.2) is 0 Å². The number of carboxylic acid groups (broad SMARTS) is 1. The van der Waals surface area contributed by atoms with Gasteiger partial charge in [0.2, 0.25) is 5.69 Å². The zero-order valence-electron chi connectivity index (χ0n) is 13.2. The first kappa shape index (κ1) is 17.5. The van der Waals surface area contributed by atoms with Crippen molar-refractivity contribution < 1.29 is 27.8 Å². The van der Waals surface area contributed by atoms with E-state index < -0.39 is 23.6 Å². The number of aromatic carboxylic acids is 1. The molecule has 0 aliphatic heterocycles. The number of fused-ring (bicyclic) bond motifs is 1. The molecule has 0 spiro atoms. The Bertz CT molecular complexity index is 1060. The molecule has 134 valence electrons. The Balaban J connectivity index is 2.04. The van der Waals surface area contributed by atoms with Gasteiger partial charge in [0.05, 0.1) is 11.0 Å². The number of rotatable bonds is 3. The summed E-state index contributed by atoms with van der Waals surface area (Å²) in [5, 5.41) is 9.02. The van der Waals surface area contributed by atoms with E-state index in [2.05, 4.69) is 9.72 Å². The van der Waals surface area contributed by atoms with Gasteiger partial charge in [-0.15, -0.1) is 13.2 Å². The first-order chi connectivity index (χ1) is 12.2. The Hall–Kier alpha value is -3.36. The normalized spacial score (nSPS) is 11.5. The molecule has 26 heavy (non-hydrogen) atoms. The smallest absolute Gasteiger partial charge is 0.476 e. The standard InChI is InChI=1S/C17H11F3N2O4/c1-22-13-8-10(4-7-12(13)21-14(15(22)23)16(24)25)9-2-5-11(6-3-9)26-17(18,19)20/h2-8H,1H3,(H,24,25). The van der Waals surface area contributed by atoms with Crippen LogP contribution in [0.4, 0.5) is 13.2 Å². The van der Waals surface area contributed by atoms with E-state index in [0.29, 0.717) is 22.2 Å². The lowest BCUT2D eigenvalue weighted by Gasteiger charge is -2.10. The van der Waals surface area contributed by atoms with Gasteiger partial charge in [-0.2, -0.15) is 0 Å². The molecule has 9 heteroatoms. The quantitative estimate of drug-likeness (QED) is 0.772. The first-order valence-electron chi connectivity index (χ1n) is 7.26. The van der Waals surface area contributed by atoms with E-state index in [-0.39, 0.29) is 5.75 Å². The van der Waals surface area contributed by atoms with Crippen LogP contribution in [0, 0.1) is 0 Å². The predicted octanol–water partition coefficient (Wildman–Crippen LogP) is 3.20. The van der Waals surface area contributed by atoms with Crippen molar-refractivity contribution >= 4 is 17.0 Å². The average Bonchev–Trinajstić information content (AvgIpc) is 2.57. The molecule has 1 N–H and O–H groups in total. The van der Waals surface area contributed by atoms with Gasteiger partial charge >= 0.3 is 12.3 Å². The molecule has 0 aliphatic rings. The van der Waals surface area contributed by atoms with Crippen molar-refractivity contribution in [1.29, 1.82) is 0 Å². The number of alkyl halides is 3. The Kier molecular flexibility index (Phi) is 4.15. The lowest BCUT2D eigenvalue weighted by Crippen LogP contribution is -2.26. The van der Waals surface area contributed by atoms with Crippen molar-refractivity contribution in [3.05, 3.63) is 58.5 Å². The number of benzene rings is 2. The Morgan fingerprint density at radius 3 is 2.31 bits per heavy atom. The van der Waals surface area contributed by atoms with Crippen molar-refractivity contribution in [3.63, 3.8) is 0 Å². The van der Waals surface area contributed by atoms with Crippen LogP contribution in [0.5, 0.6) is 5.75 Å². The van der Waals surface area contributed by atoms with Crippen molar-refractivity contribution in [3.8, 4) is 16.9 Å². The highest BCUT2D eigenvalue weighted by molar-refractivity contribution is 5.89. The number of carbonyl (C=O) groups is 1. The summed E-state index contributed by atoms with van der Waals surface area (Å²) >= 11 is 0. The highest BCUT2D eigenvalue weighted by atomic mass is 19.4. The highest BCUT2D eigenvalue weighted by Gasteiger charge is 2.30. The van der Waals surface area contributed by atoms with E-state index in [4.69, 9.17) is 5.11 Å². The van der Waals surface area contributed by atoms with Gasteiger partial charge in [-0.25, -0.2) is 9.78 Å².